The summed E-state index contributed by atoms with van der Waals surface area (Å²) in [6.07, 6.45) is 12.9. The second kappa shape index (κ2) is 6.60. The van der Waals surface area contributed by atoms with Crippen molar-refractivity contribution >= 4 is 5.91 Å². The number of ether oxygens (including phenoxy) is 1. The van der Waals surface area contributed by atoms with Crippen molar-refractivity contribution in [3.63, 3.8) is 0 Å². The third-order valence-electron chi connectivity index (χ3n) is 7.65. The maximum Gasteiger partial charge on any atom is 0.228 e. The molecule has 3 aliphatic carbocycles. The third-order valence-corrected chi connectivity index (χ3v) is 7.65. The lowest BCUT2D eigenvalue weighted by Gasteiger charge is -2.53. The van der Waals surface area contributed by atoms with Gasteiger partial charge in [-0.1, -0.05) is 6.42 Å². The molecule has 4 heteroatoms. The van der Waals surface area contributed by atoms with Gasteiger partial charge in [0.25, 0.3) is 0 Å². The first-order chi connectivity index (χ1) is 11.7. The summed E-state index contributed by atoms with van der Waals surface area (Å²) in [7, 11) is 1.86. The molecule has 2 saturated heterocycles. The third kappa shape index (κ3) is 2.90. The topological polar surface area (TPSA) is 32.8 Å². The summed E-state index contributed by atoms with van der Waals surface area (Å²) in [5, 5.41) is 0. The molecule has 0 aromatic rings. The van der Waals surface area contributed by atoms with Crippen LogP contribution in [0, 0.1) is 5.41 Å². The van der Waals surface area contributed by atoms with E-state index >= 15 is 0 Å². The van der Waals surface area contributed by atoms with Gasteiger partial charge in [0.1, 0.15) is 0 Å². The Bertz CT molecular complexity index is 448. The quantitative estimate of drug-likeness (QED) is 0.794. The smallest absolute Gasteiger partial charge is 0.228 e. The minimum atomic E-state index is -0.0515. The Kier molecular flexibility index (Phi) is 4.63. The lowest BCUT2D eigenvalue weighted by atomic mass is 9.58. The largest absolute Gasteiger partial charge is 0.378 e. The lowest BCUT2D eigenvalue weighted by Crippen LogP contribution is -2.58. The molecule has 1 amide bonds. The number of carbonyl (C=O) groups is 1. The molecule has 0 spiro atoms. The molecule has 5 aliphatic rings. The van der Waals surface area contributed by atoms with Crippen LogP contribution in [0.3, 0.4) is 0 Å². The van der Waals surface area contributed by atoms with Gasteiger partial charge in [-0.3, -0.25) is 9.69 Å². The summed E-state index contributed by atoms with van der Waals surface area (Å²) in [5.41, 5.74) is 0.0460. The van der Waals surface area contributed by atoms with Gasteiger partial charge in [-0.05, 0) is 77.3 Å². The number of rotatable bonds is 3. The number of piperidine rings is 2. The molecule has 24 heavy (non-hydrogen) atoms. The van der Waals surface area contributed by atoms with Crippen molar-refractivity contribution in [2.45, 2.75) is 82.3 Å². The molecule has 2 bridgehead atoms. The van der Waals surface area contributed by atoms with Crippen LogP contribution in [0.25, 0.3) is 0 Å². The van der Waals surface area contributed by atoms with E-state index in [0.717, 1.165) is 51.6 Å². The van der Waals surface area contributed by atoms with E-state index in [1.165, 1.54) is 45.2 Å². The van der Waals surface area contributed by atoms with E-state index < -0.39 is 0 Å². The van der Waals surface area contributed by atoms with Gasteiger partial charge in [0.2, 0.25) is 5.91 Å². The molecule has 4 nitrogen and oxygen atoms in total. The van der Waals surface area contributed by atoms with Gasteiger partial charge in [0.15, 0.2) is 0 Å². The van der Waals surface area contributed by atoms with E-state index in [0.29, 0.717) is 11.9 Å². The number of hydrogen-bond acceptors (Lipinski definition) is 3. The van der Waals surface area contributed by atoms with Crippen LogP contribution in [0.5, 0.6) is 0 Å². The minimum Gasteiger partial charge on any atom is -0.378 e. The highest BCUT2D eigenvalue weighted by molar-refractivity contribution is 5.83. The number of hydrogen-bond donors (Lipinski definition) is 0. The molecule has 1 unspecified atom stereocenters. The second-order valence-electron chi connectivity index (χ2n) is 8.81. The zero-order valence-corrected chi connectivity index (χ0v) is 15.4. The first-order valence-corrected chi connectivity index (χ1v) is 10.3. The van der Waals surface area contributed by atoms with Crippen molar-refractivity contribution < 1.29 is 9.53 Å². The van der Waals surface area contributed by atoms with Gasteiger partial charge in [-0.2, -0.15) is 0 Å². The molecule has 0 aromatic heterocycles. The number of amides is 1. The number of carbonyl (C=O) groups excluding carboxylic acids is 1. The van der Waals surface area contributed by atoms with E-state index in [1.54, 1.807) is 0 Å². The normalized spacial score (nSPS) is 40.7. The van der Waals surface area contributed by atoms with Crippen molar-refractivity contribution in [3.05, 3.63) is 0 Å². The Morgan fingerprint density at radius 1 is 0.917 bits per heavy atom. The van der Waals surface area contributed by atoms with Crippen LogP contribution in [0.1, 0.15) is 70.6 Å². The van der Waals surface area contributed by atoms with Gasteiger partial charge in [0.05, 0.1) is 5.60 Å². The molecule has 0 aromatic carbocycles. The zero-order chi connectivity index (χ0) is 16.6. The van der Waals surface area contributed by atoms with Crippen LogP contribution in [0.15, 0.2) is 0 Å². The van der Waals surface area contributed by atoms with Gasteiger partial charge in [-0.15, -0.1) is 0 Å². The van der Waals surface area contributed by atoms with Crippen LogP contribution >= 0.6 is 0 Å². The Balaban J connectivity index is 1.41. The second-order valence-corrected chi connectivity index (χ2v) is 8.81. The number of fused-ring (bicyclic) bond motifs is 3. The molecular formula is C20H34N2O2. The highest BCUT2D eigenvalue weighted by Gasteiger charge is 2.54. The van der Waals surface area contributed by atoms with Gasteiger partial charge < -0.3 is 9.64 Å². The summed E-state index contributed by atoms with van der Waals surface area (Å²) < 4.78 is 5.80. The molecule has 3 saturated carbocycles. The van der Waals surface area contributed by atoms with E-state index in [4.69, 9.17) is 4.74 Å². The first kappa shape index (κ1) is 16.8. The summed E-state index contributed by atoms with van der Waals surface area (Å²) in [6, 6.07) is 0.615. The molecule has 136 valence electrons. The Labute approximate surface area is 146 Å². The predicted octanol–water partition coefficient (Wildman–Crippen LogP) is 3.20. The Morgan fingerprint density at radius 3 is 2.21 bits per heavy atom. The van der Waals surface area contributed by atoms with Crippen molar-refractivity contribution in [1.29, 1.82) is 0 Å². The van der Waals surface area contributed by atoms with Crippen LogP contribution in [0.4, 0.5) is 0 Å². The van der Waals surface area contributed by atoms with E-state index in [9.17, 15) is 4.79 Å². The summed E-state index contributed by atoms with van der Waals surface area (Å²) in [6.45, 7) is 4.46. The van der Waals surface area contributed by atoms with Crippen molar-refractivity contribution in [3.8, 4) is 0 Å². The van der Waals surface area contributed by atoms with Crippen LogP contribution < -0.4 is 0 Å². The maximum atomic E-state index is 13.4. The van der Waals surface area contributed by atoms with Crippen molar-refractivity contribution in [1.82, 2.24) is 9.80 Å². The average Bonchev–Trinajstić information content (AvgIpc) is 2.69. The number of likely N-dealkylation sites (tertiary alicyclic amines) is 2. The highest BCUT2D eigenvalue weighted by atomic mass is 16.5. The minimum absolute atomic E-state index is 0.0515. The zero-order valence-electron chi connectivity index (χ0n) is 15.4. The molecule has 1 atom stereocenters. The van der Waals surface area contributed by atoms with Crippen molar-refractivity contribution in [2.75, 3.05) is 33.3 Å². The van der Waals surface area contributed by atoms with Gasteiger partial charge in [-0.25, -0.2) is 0 Å². The molecular weight excluding hydrogens is 300 g/mol. The Morgan fingerprint density at radius 2 is 1.58 bits per heavy atom. The predicted molar refractivity (Wildman–Crippen MR) is 94.9 cm³/mol. The fourth-order valence-electron chi connectivity index (χ4n) is 5.83. The molecule has 0 radical (unpaired) electrons. The highest BCUT2D eigenvalue weighted by Crippen LogP contribution is 2.54. The Hall–Kier alpha value is -0.610. The summed E-state index contributed by atoms with van der Waals surface area (Å²) >= 11 is 0. The van der Waals surface area contributed by atoms with E-state index in [1.807, 2.05) is 7.11 Å². The SMILES string of the molecule is COC12CCC(C(=O)N3CCCC(N4CCCCC4)C3)(CC1)CC2. The van der Waals surface area contributed by atoms with E-state index in [-0.39, 0.29) is 11.0 Å². The molecule has 0 N–H and O–H groups in total. The van der Waals surface area contributed by atoms with Crippen LogP contribution in [-0.4, -0.2) is 60.6 Å². The number of methoxy groups -OCH3 is 1. The summed E-state index contributed by atoms with van der Waals surface area (Å²) in [5.74, 6) is 0.480. The fraction of sp³-hybridized carbons (Fsp3) is 0.950. The monoisotopic (exact) mass is 334 g/mol. The average molecular weight is 335 g/mol. The van der Waals surface area contributed by atoms with Gasteiger partial charge in [0, 0.05) is 31.7 Å². The molecule has 5 rings (SSSR count). The molecule has 5 fully saturated rings. The summed E-state index contributed by atoms with van der Waals surface area (Å²) in [4.78, 5) is 18.3. The molecule has 2 heterocycles. The van der Waals surface area contributed by atoms with E-state index in [2.05, 4.69) is 9.80 Å². The number of nitrogens with zero attached hydrogens (tertiary/aromatic N) is 2. The standard InChI is InChI=1S/C20H34N2O2/c1-24-20-10-7-19(8-11-20,9-12-20)18(23)22-15-5-6-17(16-22)21-13-3-2-4-14-21/h17H,2-16H2,1H3. The molecule has 2 aliphatic heterocycles. The lowest BCUT2D eigenvalue weighted by molar-refractivity contribution is -0.164. The van der Waals surface area contributed by atoms with Gasteiger partial charge >= 0.3 is 0 Å². The maximum absolute atomic E-state index is 13.4. The van der Waals surface area contributed by atoms with Crippen molar-refractivity contribution in [2.24, 2.45) is 5.41 Å². The fourth-order valence-corrected chi connectivity index (χ4v) is 5.83. The first-order valence-electron chi connectivity index (χ1n) is 10.3. The van der Waals surface area contributed by atoms with Crippen LogP contribution in [0.2, 0.25) is 0 Å². The van der Waals surface area contributed by atoms with Crippen LogP contribution in [-0.2, 0) is 9.53 Å².